The van der Waals surface area contributed by atoms with E-state index in [0.717, 1.165) is 24.5 Å². The Morgan fingerprint density at radius 1 is 1.25 bits per heavy atom. The summed E-state index contributed by atoms with van der Waals surface area (Å²) in [7, 11) is 1.96. The summed E-state index contributed by atoms with van der Waals surface area (Å²) in [6.45, 7) is 4.23. The molecule has 1 aliphatic rings. The highest BCUT2D eigenvalue weighted by molar-refractivity contribution is 5.09. The fourth-order valence-corrected chi connectivity index (χ4v) is 2.49. The van der Waals surface area contributed by atoms with Crippen LogP contribution in [0.4, 0.5) is 0 Å². The molecule has 0 aliphatic heterocycles. The van der Waals surface area contributed by atoms with Gasteiger partial charge < -0.3 is 5.73 Å². The fraction of sp³-hybridized carbons (Fsp3) is 0.833. The van der Waals surface area contributed by atoms with Crippen LogP contribution in [0.25, 0.3) is 0 Å². The Morgan fingerprint density at radius 2 is 1.88 bits per heavy atom. The summed E-state index contributed by atoms with van der Waals surface area (Å²) >= 11 is 0. The van der Waals surface area contributed by atoms with Crippen LogP contribution in [0.1, 0.15) is 63.5 Å². The molecular weight excluding hydrogens is 200 g/mol. The minimum absolute atomic E-state index is 0.243. The maximum Gasteiger partial charge on any atom is 0.153 e. The van der Waals surface area contributed by atoms with E-state index >= 15 is 0 Å². The van der Waals surface area contributed by atoms with Crippen molar-refractivity contribution in [2.45, 2.75) is 57.4 Å². The first-order valence-electron chi connectivity index (χ1n) is 6.23. The van der Waals surface area contributed by atoms with Crippen molar-refractivity contribution in [1.82, 2.24) is 14.8 Å². The van der Waals surface area contributed by atoms with Gasteiger partial charge >= 0.3 is 0 Å². The maximum atomic E-state index is 6.47. The summed E-state index contributed by atoms with van der Waals surface area (Å²) in [5.41, 5.74) is 6.23. The van der Waals surface area contributed by atoms with Crippen molar-refractivity contribution in [2.75, 3.05) is 0 Å². The van der Waals surface area contributed by atoms with Gasteiger partial charge in [0.1, 0.15) is 5.82 Å². The van der Waals surface area contributed by atoms with Gasteiger partial charge in [-0.25, -0.2) is 4.98 Å². The van der Waals surface area contributed by atoms with Gasteiger partial charge in [-0.05, 0) is 12.8 Å². The van der Waals surface area contributed by atoms with Crippen LogP contribution < -0.4 is 5.73 Å². The van der Waals surface area contributed by atoms with Gasteiger partial charge in [-0.15, -0.1) is 0 Å². The molecule has 2 N–H and O–H groups in total. The highest BCUT2D eigenvalue weighted by Crippen LogP contribution is 2.33. The van der Waals surface area contributed by atoms with E-state index in [0.29, 0.717) is 5.92 Å². The third-order valence-corrected chi connectivity index (χ3v) is 3.49. The van der Waals surface area contributed by atoms with E-state index in [9.17, 15) is 0 Å². The molecule has 90 valence electrons. The van der Waals surface area contributed by atoms with Crippen LogP contribution in [0.2, 0.25) is 0 Å². The van der Waals surface area contributed by atoms with E-state index in [2.05, 4.69) is 23.9 Å². The summed E-state index contributed by atoms with van der Waals surface area (Å²) in [6, 6.07) is 0. The van der Waals surface area contributed by atoms with Crippen molar-refractivity contribution >= 4 is 0 Å². The predicted molar refractivity (Wildman–Crippen MR) is 64.0 cm³/mol. The molecule has 0 amide bonds. The van der Waals surface area contributed by atoms with Crippen molar-refractivity contribution in [1.29, 1.82) is 0 Å². The first kappa shape index (κ1) is 11.6. The summed E-state index contributed by atoms with van der Waals surface area (Å²) < 4.78 is 1.88. The Labute approximate surface area is 97.2 Å². The highest BCUT2D eigenvalue weighted by atomic mass is 15.3. The summed E-state index contributed by atoms with van der Waals surface area (Å²) in [5.74, 6) is 2.25. The van der Waals surface area contributed by atoms with Crippen molar-refractivity contribution in [3.05, 3.63) is 11.6 Å². The molecule has 4 heteroatoms. The fourth-order valence-electron chi connectivity index (χ4n) is 2.49. The lowest BCUT2D eigenvalue weighted by Gasteiger charge is -2.31. The molecule has 0 aromatic carbocycles. The van der Waals surface area contributed by atoms with Gasteiger partial charge in [0.15, 0.2) is 5.82 Å². The van der Waals surface area contributed by atoms with Crippen LogP contribution in [0.5, 0.6) is 0 Å². The number of hydrogen-bond donors (Lipinski definition) is 1. The van der Waals surface area contributed by atoms with Gasteiger partial charge in [-0.3, -0.25) is 4.68 Å². The van der Waals surface area contributed by atoms with Crippen molar-refractivity contribution < 1.29 is 0 Å². The van der Waals surface area contributed by atoms with Crippen LogP contribution in [0.3, 0.4) is 0 Å². The largest absolute Gasteiger partial charge is 0.319 e. The zero-order valence-electron chi connectivity index (χ0n) is 10.5. The van der Waals surface area contributed by atoms with Crippen LogP contribution >= 0.6 is 0 Å². The molecule has 1 heterocycles. The van der Waals surface area contributed by atoms with Crippen LogP contribution in [-0.2, 0) is 12.6 Å². The monoisotopic (exact) mass is 222 g/mol. The second-order valence-electron chi connectivity index (χ2n) is 5.29. The SMILES string of the molecule is CC(C)c1nc(C2(N)CCCCC2)n(C)n1. The van der Waals surface area contributed by atoms with Gasteiger partial charge in [0, 0.05) is 13.0 Å². The van der Waals surface area contributed by atoms with E-state index in [1.165, 1.54) is 19.3 Å². The average molecular weight is 222 g/mol. The van der Waals surface area contributed by atoms with Crippen molar-refractivity contribution in [2.24, 2.45) is 12.8 Å². The topological polar surface area (TPSA) is 56.7 Å². The lowest BCUT2D eigenvalue weighted by atomic mass is 9.82. The Hall–Kier alpha value is -0.900. The van der Waals surface area contributed by atoms with Crippen LogP contribution in [0.15, 0.2) is 0 Å². The molecule has 0 bridgehead atoms. The van der Waals surface area contributed by atoms with Gasteiger partial charge in [-0.1, -0.05) is 33.1 Å². The summed E-state index contributed by atoms with van der Waals surface area (Å²) in [6.07, 6.45) is 5.79. The second kappa shape index (κ2) is 4.17. The Balaban J connectivity index is 2.31. The number of aromatic nitrogens is 3. The zero-order valence-corrected chi connectivity index (χ0v) is 10.5. The Kier molecular flexibility index (Phi) is 3.02. The standard InChI is InChI=1S/C12H22N4/c1-9(2)10-14-11(16(3)15-10)12(13)7-5-4-6-8-12/h9H,4-8,13H2,1-3H3. The van der Waals surface area contributed by atoms with Crippen LogP contribution in [-0.4, -0.2) is 14.8 Å². The van der Waals surface area contributed by atoms with Gasteiger partial charge in [-0.2, -0.15) is 5.10 Å². The first-order valence-corrected chi connectivity index (χ1v) is 6.23. The minimum atomic E-state index is -0.243. The molecule has 0 unspecified atom stereocenters. The van der Waals surface area contributed by atoms with E-state index in [4.69, 9.17) is 5.73 Å². The van der Waals surface area contributed by atoms with Gasteiger partial charge in [0.25, 0.3) is 0 Å². The van der Waals surface area contributed by atoms with Gasteiger partial charge in [0.05, 0.1) is 5.54 Å². The lowest BCUT2D eigenvalue weighted by molar-refractivity contribution is 0.278. The maximum absolute atomic E-state index is 6.47. The third kappa shape index (κ3) is 1.98. The molecule has 1 saturated carbocycles. The van der Waals surface area contributed by atoms with Crippen LogP contribution in [0, 0.1) is 0 Å². The first-order chi connectivity index (χ1) is 7.53. The van der Waals surface area contributed by atoms with Crippen molar-refractivity contribution in [3.63, 3.8) is 0 Å². The number of hydrogen-bond acceptors (Lipinski definition) is 3. The number of aryl methyl sites for hydroxylation is 1. The molecule has 4 nitrogen and oxygen atoms in total. The highest BCUT2D eigenvalue weighted by Gasteiger charge is 2.34. The predicted octanol–water partition coefficient (Wildman–Crippen LogP) is 2.06. The molecule has 1 fully saturated rings. The zero-order chi connectivity index (χ0) is 11.8. The van der Waals surface area contributed by atoms with Gasteiger partial charge in [0.2, 0.25) is 0 Å². The summed E-state index contributed by atoms with van der Waals surface area (Å²) in [4.78, 5) is 4.63. The average Bonchev–Trinajstić information content (AvgIpc) is 2.62. The molecule has 0 saturated heterocycles. The molecule has 1 aromatic heterocycles. The second-order valence-corrected chi connectivity index (χ2v) is 5.29. The number of nitrogens with zero attached hydrogens (tertiary/aromatic N) is 3. The normalized spacial score (nSPS) is 20.3. The van der Waals surface area contributed by atoms with E-state index in [-0.39, 0.29) is 5.54 Å². The number of nitrogens with two attached hydrogens (primary N) is 1. The lowest BCUT2D eigenvalue weighted by Crippen LogP contribution is -2.41. The van der Waals surface area contributed by atoms with Crippen molar-refractivity contribution in [3.8, 4) is 0 Å². The van der Waals surface area contributed by atoms with E-state index in [1.807, 2.05) is 11.7 Å². The molecule has 1 aliphatic carbocycles. The Bertz CT molecular complexity index is 361. The smallest absolute Gasteiger partial charge is 0.153 e. The Morgan fingerprint density at radius 3 is 2.38 bits per heavy atom. The summed E-state index contributed by atoms with van der Waals surface area (Å²) in [5, 5.41) is 4.46. The molecule has 16 heavy (non-hydrogen) atoms. The molecule has 2 rings (SSSR count). The molecule has 0 radical (unpaired) electrons. The third-order valence-electron chi connectivity index (χ3n) is 3.49. The van der Waals surface area contributed by atoms with E-state index < -0.39 is 0 Å². The molecular formula is C12H22N4. The van der Waals surface area contributed by atoms with E-state index in [1.54, 1.807) is 0 Å². The molecule has 0 spiro atoms. The minimum Gasteiger partial charge on any atom is -0.319 e. The number of rotatable bonds is 2. The molecule has 0 atom stereocenters. The molecule has 1 aromatic rings. The quantitative estimate of drug-likeness (QED) is 0.833.